The van der Waals surface area contributed by atoms with Crippen LogP contribution in [0.2, 0.25) is 0 Å². The third-order valence-corrected chi connectivity index (χ3v) is 3.06. The fourth-order valence-electron chi connectivity index (χ4n) is 1.91. The largest absolute Gasteiger partial charge is 0.339 e. The Morgan fingerprint density at radius 2 is 1.47 bits per heavy atom. The van der Waals surface area contributed by atoms with Crippen LogP contribution in [-0.4, -0.2) is 73.3 Å². The van der Waals surface area contributed by atoms with Crippen LogP contribution in [0.5, 0.6) is 0 Å². The summed E-state index contributed by atoms with van der Waals surface area (Å²) in [4.78, 5) is 29.0. The van der Waals surface area contributed by atoms with Crippen molar-refractivity contribution in [1.82, 2.24) is 14.7 Å². The van der Waals surface area contributed by atoms with Crippen LogP contribution in [0.25, 0.3) is 0 Å². The zero-order valence-corrected chi connectivity index (χ0v) is 11.1. The molecule has 1 rings (SSSR count). The molecule has 2 amide bonds. The third-order valence-electron chi connectivity index (χ3n) is 3.06. The number of hydrogen-bond acceptors (Lipinski definition) is 3. The van der Waals surface area contributed by atoms with Gasteiger partial charge >= 0.3 is 0 Å². The van der Waals surface area contributed by atoms with E-state index in [1.807, 2.05) is 35.7 Å². The maximum absolute atomic E-state index is 11.8. The molecule has 1 aliphatic heterocycles. The Hall–Kier alpha value is -1.10. The monoisotopic (exact) mass is 241 g/mol. The minimum Gasteiger partial charge on any atom is -0.339 e. The van der Waals surface area contributed by atoms with Crippen LogP contribution < -0.4 is 0 Å². The van der Waals surface area contributed by atoms with Crippen molar-refractivity contribution in [3.63, 3.8) is 0 Å². The van der Waals surface area contributed by atoms with Crippen molar-refractivity contribution in [1.29, 1.82) is 0 Å². The molecule has 0 saturated carbocycles. The second kappa shape index (κ2) is 6.59. The van der Waals surface area contributed by atoms with Gasteiger partial charge in [-0.3, -0.25) is 9.59 Å². The molecule has 5 heteroatoms. The van der Waals surface area contributed by atoms with Crippen LogP contribution in [-0.2, 0) is 9.59 Å². The molecule has 0 aromatic heterocycles. The Morgan fingerprint density at radius 1 is 1.00 bits per heavy atom. The van der Waals surface area contributed by atoms with Gasteiger partial charge in [-0.1, -0.05) is 6.92 Å². The first-order valence-electron chi connectivity index (χ1n) is 6.25. The summed E-state index contributed by atoms with van der Waals surface area (Å²) in [5, 5.41) is 0. The normalized spacial score (nSPS) is 16.5. The molecule has 0 radical (unpaired) electrons. The molecule has 0 aromatic rings. The number of carbonyl (C=O) groups excluding carboxylic acids is 2. The standard InChI is InChI=1S/C12H23N3O2/c1-4-11(16)14-7-9-15(10-8-14)12(17)5-6-13(2)3/h4-10H2,1-3H3. The molecular weight excluding hydrogens is 218 g/mol. The van der Waals surface area contributed by atoms with Crippen molar-refractivity contribution < 1.29 is 9.59 Å². The van der Waals surface area contributed by atoms with E-state index < -0.39 is 0 Å². The number of amides is 2. The van der Waals surface area contributed by atoms with Crippen LogP contribution in [0.3, 0.4) is 0 Å². The Bertz CT molecular complexity index is 271. The van der Waals surface area contributed by atoms with Crippen molar-refractivity contribution in [3.05, 3.63) is 0 Å². The zero-order chi connectivity index (χ0) is 12.8. The zero-order valence-electron chi connectivity index (χ0n) is 11.1. The van der Waals surface area contributed by atoms with Gasteiger partial charge in [-0.25, -0.2) is 0 Å². The van der Waals surface area contributed by atoms with Crippen molar-refractivity contribution in [2.45, 2.75) is 19.8 Å². The van der Waals surface area contributed by atoms with Crippen LogP contribution in [0, 0.1) is 0 Å². The molecule has 1 saturated heterocycles. The SMILES string of the molecule is CCC(=O)N1CCN(C(=O)CCN(C)C)CC1. The molecule has 0 unspecified atom stereocenters. The Kier molecular flexibility index (Phi) is 5.41. The van der Waals surface area contributed by atoms with E-state index in [2.05, 4.69) is 0 Å². The fraction of sp³-hybridized carbons (Fsp3) is 0.833. The van der Waals surface area contributed by atoms with Gasteiger partial charge < -0.3 is 14.7 Å². The molecule has 5 nitrogen and oxygen atoms in total. The van der Waals surface area contributed by atoms with E-state index in [1.54, 1.807) is 0 Å². The highest BCUT2D eigenvalue weighted by Crippen LogP contribution is 2.05. The van der Waals surface area contributed by atoms with Crippen molar-refractivity contribution in [3.8, 4) is 0 Å². The lowest BCUT2D eigenvalue weighted by Crippen LogP contribution is -2.50. The van der Waals surface area contributed by atoms with Crippen molar-refractivity contribution in [2.24, 2.45) is 0 Å². The van der Waals surface area contributed by atoms with E-state index in [4.69, 9.17) is 0 Å². The van der Waals surface area contributed by atoms with E-state index in [0.29, 0.717) is 39.0 Å². The summed E-state index contributed by atoms with van der Waals surface area (Å²) in [6, 6.07) is 0. The maximum atomic E-state index is 11.8. The van der Waals surface area contributed by atoms with Gasteiger partial charge in [0.1, 0.15) is 0 Å². The van der Waals surface area contributed by atoms with Gasteiger partial charge in [-0.05, 0) is 14.1 Å². The summed E-state index contributed by atoms with van der Waals surface area (Å²) >= 11 is 0. The van der Waals surface area contributed by atoms with Crippen molar-refractivity contribution in [2.75, 3.05) is 46.8 Å². The third kappa shape index (κ3) is 4.34. The lowest BCUT2D eigenvalue weighted by atomic mass is 10.2. The minimum atomic E-state index is 0.186. The molecule has 1 aliphatic rings. The molecule has 1 fully saturated rings. The van der Waals surface area contributed by atoms with E-state index in [9.17, 15) is 9.59 Å². The highest BCUT2D eigenvalue weighted by atomic mass is 16.2. The van der Waals surface area contributed by atoms with Gasteiger partial charge in [0.15, 0.2) is 0 Å². The lowest BCUT2D eigenvalue weighted by molar-refractivity contribution is -0.139. The van der Waals surface area contributed by atoms with Crippen LogP contribution in [0.1, 0.15) is 19.8 Å². The second-order valence-corrected chi connectivity index (χ2v) is 4.67. The van der Waals surface area contributed by atoms with E-state index in [0.717, 1.165) is 6.54 Å². The summed E-state index contributed by atoms with van der Waals surface area (Å²) < 4.78 is 0. The highest BCUT2D eigenvalue weighted by Gasteiger charge is 2.22. The summed E-state index contributed by atoms with van der Waals surface area (Å²) in [6.07, 6.45) is 1.11. The summed E-state index contributed by atoms with van der Waals surface area (Å²) in [7, 11) is 3.93. The van der Waals surface area contributed by atoms with Crippen molar-refractivity contribution >= 4 is 11.8 Å². The minimum absolute atomic E-state index is 0.186. The molecule has 0 bridgehead atoms. The molecule has 98 valence electrons. The summed E-state index contributed by atoms with van der Waals surface area (Å²) in [6.45, 7) is 5.38. The number of piperazine rings is 1. The smallest absolute Gasteiger partial charge is 0.223 e. The van der Waals surface area contributed by atoms with Gasteiger partial charge in [0.25, 0.3) is 0 Å². The first kappa shape index (κ1) is 14.0. The van der Waals surface area contributed by atoms with Gasteiger partial charge in [0.2, 0.25) is 11.8 Å². The molecule has 17 heavy (non-hydrogen) atoms. The van der Waals surface area contributed by atoms with Crippen LogP contribution in [0.4, 0.5) is 0 Å². The van der Waals surface area contributed by atoms with Gasteiger partial charge in [-0.2, -0.15) is 0 Å². The van der Waals surface area contributed by atoms with Gasteiger partial charge in [0, 0.05) is 45.6 Å². The second-order valence-electron chi connectivity index (χ2n) is 4.67. The number of hydrogen-bond donors (Lipinski definition) is 0. The fourth-order valence-corrected chi connectivity index (χ4v) is 1.91. The summed E-state index contributed by atoms with van der Waals surface area (Å²) in [5.41, 5.74) is 0. The number of carbonyl (C=O) groups is 2. The molecule has 0 N–H and O–H groups in total. The topological polar surface area (TPSA) is 43.9 Å². The molecule has 0 aromatic carbocycles. The number of nitrogens with zero attached hydrogens (tertiary/aromatic N) is 3. The van der Waals surface area contributed by atoms with E-state index in [-0.39, 0.29) is 11.8 Å². The average molecular weight is 241 g/mol. The number of rotatable bonds is 4. The van der Waals surface area contributed by atoms with Gasteiger partial charge in [0.05, 0.1) is 0 Å². The first-order chi connectivity index (χ1) is 8.04. The Balaban J connectivity index is 2.31. The lowest BCUT2D eigenvalue weighted by Gasteiger charge is -2.34. The van der Waals surface area contributed by atoms with E-state index >= 15 is 0 Å². The maximum Gasteiger partial charge on any atom is 0.223 e. The molecular formula is C12H23N3O2. The van der Waals surface area contributed by atoms with Gasteiger partial charge in [-0.15, -0.1) is 0 Å². The molecule has 0 aliphatic carbocycles. The molecule has 0 spiro atoms. The summed E-state index contributed by atoms with van der Waals surface area (Å²) in [5.74, 6) is 0.382. The highest BCUT2D eigenvalue weighted by molar-refractivity contribution is 5.78. The van der Waals surface area contributed by atoms with Crippen LogP contribution in [0.15, 0.2) is 0 Å². The molecule has 1 heterocycles. The quantitative estimate of drug-likeness (QED) is 0.697. The predicted octanol–water partition coefficient (Wildman–Crippen LogP) is 0.0189. The molecule has 0 atom stereocenters. The average Bonchev–Trinajstić information content (AvgIpc) is 2.35. The van der Waals surface area contributed by atoms with Crippen LogP contribution >= 0.6 is 0 Å². The van der Waals surface area contributed by atoms with E-state index in [1.165, 1.54) is 0 Å². The predicted molar refractivity (Wildman–Crippen MR) is 66.6 cm³/mol. The Labute approximate surface area is 103 Å². The first-order valence-corrected chi connectivity index (χ1v) is 6.25. The Morgan fingerprint density at radius 3 is 1.88 bits per heavy atom.